The molecule has 0 spiro atoms. The van der Waals surface area contributed by atoms with E-state index in [9.17, 15) is 4.79 Å². The molecule has 4 aromatic rings. The largest absolute Gasteiger partial charge is 0.494 e. The molecule has 7 nitrogen and oxygen atoms in total. The van der Waals surface area contributed by atoms with Gasteiger partial charge in [-0.1, -0.05) is 43.7 Å². The maximum absolute atomic E-state index is 12.9. The maximum atomic E-state index is 12.9. The molecule has 2 aromatic carbocycles. The number of nitrogens with one attached hydrogen (secondary N) is 1. The minimum absolute atomic E-state index is 0.00401. The summed E-state index contributed by atoms with van der Waals surface area (Å²) in [4.78, 5) is 19.9. The van der Waals surface area contributed by atoms with Crippen LogP contribution in [0.2, 0.25) is 0 Å². The zero-order valence-corrected chi connectivity index (χ0v) is 21.6. The second-order valence-electron chi connectivity index (χ2n) is 9.74. The normalized spacial score (nSPS) is 15.0. The monoisotopic (exact) mass is 497 g/mol. The van der Waals surface area contributed by atoms with Crippen molar-refractivity contribution < 1.29 is 9.53 Å². The maximum Gasteiger partial charge on any atom is 0.223 e. The van der Waals surface area contributed by atoms with Gasteiger partial charge in [0.05, 0.1) is 18.3 Å². The second kappa shape index (κ2) is 11.5. The van der Waals surface area contributed by atoms with Crippen molar-refractivity contribution in [3.8, 4) is 17.0 Å². The predicted octanol–water partition coefficient (Wildman–Crippen LogP) is 5.67. The van der Waals surface area contributed by atoms with Gasteiger partial charge in [0.15, 0.2) is 5.82 Å². The zero-order chi connectivity index (χ0) is 25.6. The van der Waals surface area contributed by atoms with Crippen LogP contribution < -0.4 is 15.0 Å². The lowest BCUT2D eigenvalue weighted by atomic mass is 9.95. The molecule has 1 amide bonds. The Balaban J connectivity index is 1.23. The van der Waals surface area contributed by atoms with E-state index in [2.05, 4.69) is 47.5 Å². The highest BCUT2D eigenvalue weighted by Gasteiger charge is 2.27. The minimum atomic E-state index is 0.00401. The van der Waals surface area contributed by atoms with Crippen molar-refractivity contribution in [3.05, 3.63) is 78.6 Å². The van der Waals surface area contributed by atoms with Crippen LogP contribution in [0.4, 0.5) is 5.82 Å². The number of rotatable bonds is 9. The van der Waals surface area contributed by atoms with Crippen LogP contribution >= 0.6 is 0 Å². The molecule has 0 radical (unpaired) electrons. The van der Waals surface area contributed by atoms with E-state index in [-0.39, 0.29) is 17.9 Å². The molecule has 0 bridgehead atoms. The molecule has 1 atom stereocenters. The van der Waals surface area contributed by atoms with Crippen LogP contribution in [-0.2, 0) is 4.79 Å². The Hall–Kier alpha value is -3.87. The first-order valence-electron chi connectivity index (χ1n) is 13.3. The number of ether oxygens (including phenoxy) is 1. The van der Waals surface area contributed by atoms with Gasteiger partial charge < -0.3 is 15.0 Å². The number of fused-ring (bicyclic) bond motifs is 1. The van der Waals surface area contributed by atoms with E-state index in [1.165, 1.54) is 0 Å². The third kappa shape index (κ3) is 5.77. The highest BCUT2D eigenvalue weighted by molar-refractivity contribution is 5.80. The molecule has 0 saturated carbocycles. The van der Waals surface area contributed by atoms with Gasteiger partial charge in [-0.25, -0.2) is 9.50 Å². The number of hydrogen-bond acceptors (Lipinski definition) is 5. The fourth-order valence-corrected chi connectivity index (χ4v) is 4.86. The van der Waals surface area contributed by atoms with Gasteiger partial charge in [0.25, 0.3) is 0 Å². The Morgan fingerprint density at radius 3 is 2.59 bits per heavy atom. The number of carbonyl (C=O) groups excluding carboxylic acids is 1. The quantitative estimate of drug-likeness (QED) is 0.302. The highest BCUT2D eigenvalue weighted by Crippen LogP contribution is 2.29. The Morgan fingerprint density at radius 1 is 1.11 bits per heavy atom. The van der Waals surface area contributed by atoms with Crippen molar-refractivity contribution >= 4 is 17.2 Å². The fourth-order valence-electron chi connectivity index (χ4n) is 4.86. The number of hydrogen-bond donors (Lipinski definition) is 1. The summed E-state index contributed by atoms with van der Waals surface area (Å²) in [5.74, 6) is 1.95. The van der Waals surface area contributed by atoms with Crippen LogP contribution in [0.3, 0.4) is 0 Å². The molecular weight excluding hydrogens is 462 g/mol. The van der Waals surface area contributed by atoms with Gasteiger partial charge in [0.1, 0.15) is 11.3 Å². The number of benzene rings is 2. The molecule has 0 aliphatic carbocycles. The summed E-state index contributed by atoms with van der Waals surface area (Å²) in [6.07, 6.45) is 7.46. The number of amides is 1. The van der Waals surface area contributed by atoms with E-state index >= 15 is 0 Å². The van der Waals surface area contributed by atoms with Gasteiger partial charge in [-0.15, -0.1) is 0 Å². The standard InChI is InChI=1S/C30H35N5O2/c1-3-4-20-37-26-12-10-24(11-13-26)27-21-28-29(31-16-19-35(28)33-27)34-17-14-25(15-18-34)30(36)32-22(2)23-8-6-5-7-9-23/h5-13,16,19,21-22,25H,3-4,14-15,17-18,20H2,1-2H3,(H,32,36). The molecule has 37 heavy (non-hydrogen) atoms. The summed E-state index contributed by atoms with van der Waals surface area (Å²) in [7, 11) is 0. The van der Waals surface area contributed by atoms with Crippen LogP contribution in [0.15, 0.2) is 73.1 Å². The van der Waals surface area contributed by atoms with Crippen LogP contribution in [0.5, 0.6) is 5.75 Å². The summed E-state index contributed by atoms with van der Waals surface area (Å²) >= 11 is 0. The number of carbonyl (C=O) groups is 1. The molecule has 1 aliphatic heterocycles. The number of unbranched alkanes of at least 4 members (excludes halogenated alkanes) is 1. The molecule has 1 fully saturated rings. The van der Waals surface area contributed by atoms with Crippen molar-refractivity contribution in [3.63, 3.8) is 0 Å². The summed E-state index contributed by atoms with van der Waals surface area (Å²) in [5, 5.41) is 7.99. The van der Waals surface area contributed by atoms with Crippen LogP contribution in [0.25, 0.3) is 16.8 Å². The molecule has 5 rings (SSSR count). The predicted molar refractivity (Wildman–Crippen MR) is 147 cm³/mol. The smallest absolute Gasteiger partial charge is 0.223 e. The van der Waals surface area contributed by atoms with E-state index in [4.69, 9.17) is 14.8 Å². The molecule has 3 heterocycles. The zero-order valence-electron chi connectivity index (χ0n) is 21.6. The number of piperidine rings is 1. The summed E-state index contributed by atoms with van der Waals surface area (Å²) < 4.78 is 7.69. The van der Waals surface area contributed by atoms with Gasteiger partial charge in [-0.2, -0.15) is 5.10 Å². The van der Waals surface area contributed by atoms with E-state index in [1.807, 2.05) is 48.0 Å². The minimum Gasteiger partial charge on any atom is -0.494 e. The topological polar surface area (TPSA) is 71.8 Å². The van der Waals surface area contributed by atoms with Gasteiger partial charge >= 0.3 is 0 Å². The number of anilines is 1. The molecule has 1 saturated heterocycles. The second-order valence-corrected chi connectivity index (χ2v) is 9.74. The first-order chi connectivity index (χ1) is 18.1. The van der Waals surface area contributed by atoms with E-state index in [0.717, 1.165) is 79.3 Å². The van der Waals surface area contributed by atoms with Crippen LogP contribution in [0.1, 0.15) is 51.1 Å². The summed E-state index contributed by atoms with van der Waals surface area (Å²) in [5.41, 5.74) is 4.04. The van der Waals surface area contributed by atoms with Gasteiger partial charge in [-0.3, -0.25) is 4.79 Å². The molecule has 1 aliphatic rings. The molecule has 1 N–H and O–H groups in total. The van der Waals surface area contributed by atoms with Gasteiger partial charge in [0, 0.05) is 37.0 Å². The Bertz CT molecular complexity index is 1310. The number of aromatic nitrogens is 3. The fraction of sp³-hybridized carbons (Fsp3) is 0.367. The van der Waals surface area contributed by atoms with Gasteiger partial charge in [-0.05, 0) is 62.1 Å². The first kappa shape index (κ1) is 24.8. The lowest BCUT2D eigenvalue weighted by molar-refractivity contribution is -0.126. The molecular formula is C30H35N5O2. The lowest BCUT2D eigenvalue weighted by Gasteiger charge is -2.32. The first-order valence-corrected chi connectivity index (χ1v) is 13.3. The van der Waals surface area contributed by atoms with Gasteiger partial charge in [0.2, 0.25) is 5.91 Å². The molecule has 192 valence electrons. The van der Waals surface area contributed by atoms with E-state index < -0.39 is 0 Å². The van der Waals surface area contributed by atoms with E-state index in [0.29, 0.717) is 0 Å². The van der Waals surface area contributed by atoms with Crippen molar-refractivity contribution in [2.75, 3.05) is 24.6 Å². The molecule has 1 unspecified atom stereocenters. The average Bonchev–Trinajstić information content (AvgIpc) is 3.39. The van der Waals surface area contributed by atoms with Crippen LogP contribution in [-0.4, -0.2) is 40.2 Å². The Kier molecular flexibility index (Phi) is 7.68. The summed E-state index contributed by atoms with van der Waals surface area (Å²) in [6.45, 7) is 6.51. The van der Waals surface area contributed by atoms with E-state index in [1.54, 1.807) is 6.20 Å². The van der Waals surface area contributed by atoms with Crippen molar-refractivity contribution in [1.29, 1.82) is 0 Å². The summed E-state index contributed by atoms with van der Waals surface area (Å²) in [6, 6.07) is 20.3. The Labute approximate surface area is 218 Å². The molecule has 7 heteroatoms. The number of nitrogens with zero attached hydrogens (tertiary/aromatic N) is 4. The van der Waals surface area contributed by atoms with Crippen molar-refractivity contribution in [1.82, 2.24) is 19.9 Å². The van der Waals surface area contributed by atoms with Crippen molar-refractivity contribution in [2.24, 2.45) is 5.92 Å². The lowest BCUT2D eigenvalue weighted by Crippen LogP contribution is -2.41. The van der Waals surface area contributed by atoms with Crippen molar-refractivity contribution in [2.45, 2.75) is 45.6 Å². The average molecular weight is 498 g/mol. The third-order valence-corrected chi connectivity index (χ3v) is 7.11. The third-order valence-electron chi connectivity index (χ3n) is 7.11. The SMILES string of the molecule is CCCCOc1ccc(-c2cc3c(N4CCC(C(=O)NC(C)c5ccccc5)CC4)nccn3n2)cc1. The molecule has 2 aromatic heterocycles. The van der Waals surface area contributed by atoms with Crippen LogP contribution in [0, 0.1) is 5.92 Å². The highest BCUT2D eigenvalue weighted by atomic mass is 16.5. The Morgan fingerprint density at radius 2 is 1.86 bits per heavy atom.